The maximum atomic E-state index is 14.6. The molecule has 1 aromatic carbocycles. The molecular formula is C15H15BrFN3S. The molecule has 0 spiro atoms. The van der Waals surface area contributed by atoms with E-state index in [-0.39, 0.29) is 22.2 Å². The highest BCUT2D eigenvalue weighted by Crippen LogP contribution is 2.39. The quantitative estimate of drug-likeness (QED) is 0.621. The van der Waals surface area contributed by atoms with Crippen molar-refractivity contribution in [1.82, 2.24) is 0 Å². The zero-order valence-corrected chi connectivity index (χ0v) is 13.9. The van der Waals surface area contributed by atoms with Crippen molar-refractivity contribution in [3.05, 3.63) is 49.9 Å². The zero-order chi connectivity index (χ0) is 15.1. The average molecular weight is 368 g/mol. The normalized spacial score (nSPS) is 17.7. The van der Waals surface area contributed by atoms with Gasteiger partial charge in [-0.2, -0.15) is 0 Å². The highest BCUT2D eigenvalue weighted by atomic mass is 79.9. The summed E-state index contributed by atoms with van der Waals surface area (Å²) in [5.74, 6) is -0.493. The highest BCUT2D eigenvalue weighted by molar-refractivity contribution is 9.10. The number of benzene rings is 1. The van der Waals surface area contributed by atoms with Crippen molar-refractivity contribution in [2.45, 2.75) is 19.4 Å². The van der Waals surface area contributed by atoms with Crippen molar-refractivity contribution in [3.63, 3.8) is 0 Å². The standard InChI is InChI=1S/C15H15BrFN3S/c1-8-9-5-7-21-12(9)4-6-20(8)11-3-2-10(15(18)19)13(16)14(11)17/h2-3,5,7-8H,4,6H2,1H3,(H3,18,19). The molecule has 0 radical (unpaired) electrons. The molecule has 0 aliphatic carbocycles. The molecule has 2 aromatic rings. The molecule has 0 amide bonds. The summed E-state index contributed by atoms with van der Waals surface area (Å²) < 4.78 is 14.9. The first-order valence-electron chi connectivity index (χ1n) is 6.66. The predicted molar refractivity (Wildman–Crippen MR) is 88.9 cm³/mol. The van der Waals surface area contributed by atoms with Gasteiger partial charge in [-0.25, -0.2) is 4.39 Å². The van der Waals surface area contributed by atoms with E-state index < -0.39 is 0 Å². The Bertz CT molecular complexity index is 713. The Balaban J connectivity index is 2.02. The maximum absolute atomic E-state index is 14.6. The lowest BCUT2D eigenvalue weighted by atomic mass is 10.00. The average Bonchev–Trinajstić information content (AvgIpc) is 2.92. The number of fused-ring (bicyclic) bond motifs is 1. The molecule has 6 heteroatoms. The van der Waals surface area contributed by atoms with Crippen LogP contribution in [-0.2, 0) is 6.42 Å². The highest BCUT2D eigenvalue weighted by Gasteiger charge is 2.27. The molecule has 110 valence electrons. The van der Waals surface area contributed by atoms with Crippen LogP contribution in [0.2, 0.25) is 0 Å². The summed E-state index contributed by atoms with van der Waals surface area (Å²) in [4.78, 5) is 3.46. The summed E-state index contributed by atoms with van der Waals surface area (Å²) in [6.07, 6.45) is 0.933. The van der Waals surface area contributed by atoms with E-state index in [1.807, 2.05) is 0 Å². The van der Waals surface area contributed by atoms with Gasteiger partial charge in [0, 0.05) is 17.0 Å². The summed E-state index contributed by atoms with van der Waals surface area (Å²) in [5, 5.41) is 9.57. The van der Waals surface area contributed by atoms with Crippen LogP contribution < -0.4 is 10.6 Å². The fourth-order valence-corrected chi connectivity index (χ4v) is 4.32. The van der Waals surface area contributed by atoms with Gasteiger partial charge in [-0.3, -0.25) is 5.41 Å². The van der Waals surface area contributed by atoms with Crippen LogP contribution in [0.1, 0.15) is 29.0 Å². The molecule has 3 rings (SSSR count). The van der Waals surface area contributed by atoms with Crippen molar-refractivity contribution in [2.75, 3.05) is 11.4 Å². The summed E-state index contributed by atoms with van der Waals surface area (Å²) in [6, 6.07) is 5.67. The second-order valence-electron chi connectivity index (χ2n) is 5.09. The SMILES string of the molecule is CC1c2ccsc2CCN1c1ccc(C(=N)N)c(Br)c1F. The van der Waals surface area contributed by atoms with Gasteiger partial charge in [-0.05, 0) is 58.4 Å². The van der Waals surface area contributed by atoms with E-state index in [2.05, 4.69) is 39.2 Å². The number of hydrogen-bond donors (Lipinski definition) is 2. The van der Waals surface area contributed by atoms with Crippen LogP contribution in [-0.4, -0.2) is 12.4 Å². The van der Waals surface area contributed by atoms with Gasteiger partial charge in [0.05, 0.1) is 16.2 Å². The van der Waals surface area contributed by atoms with Gasteiger partial charge >= 0.3 is 0 Å². The van der Waals surface area contributed by atoms with Crippen molar-refractivity contribution in [3.8, 4) is 0 Å². The van der Waals surface area contributed by atoms with E-state index in [4.69, 9.17) is 11.1 Å². The number of anilines is 1. The number of nitrogens with zero attached hydrogens (tertiary/aromatic N) is 1. The molecule has 0 bridgehead atoms. The molecule has 1 atom stereocenters. The Morgan fingerprint density at radius 2 is 2.24 bits per heavy atom. The summed E-state index contributed by atoms with van der Waals surface area (Å²) >= 11 is 4.99. The number of rotatable bonds is 2. The second kappa shape index (κ2) is 5.42. The van der Waals surface area contributed by atoms with Crippen molar-refractivity contribution in [1.29, 1.82) is 5.41 Å². The monoisotopic (exact) mass is 367 g/mol. The first-order valence-corrected chi connectivity index (χ1v) is 8.33. The van der Waals surface area contributed by atoms with Crippen molar-refractivity contribution >= 4 is 38.8 Å². The van der Waals surface area contributed by atoms with E-state index in [9.17, 15) is 4.39 Å². The largest absolute Gasteiger partial charge is 0.384 e. The minimum atomic E-state index is -0.353. The molecule has 1 aromatic heterocycles. The first kappa shape index (κ1) is 14.5. The molecular weight excluding hydrogens is 353 g/mol. The Labute approximate surface area is 135 Å². The Morgan fingerprint density at radius 3 is 2.95 bits per heavy atom. The van der Waals surface area contributed by atoms with Gasteiger partial charge in [-0.15, -0.1) is 11.3 Å². The van der Waals surface area contributed by atoms with Crippen LogP contribution in [0.3, 0.4) is 0 Å². The summed E-state index contributed by atoms with van der Waals surface area (Å²) in [5.41, 5.74) is 7.68. The number of amidine groups is 1. The van der Waals surface area contributed by atoms with E-state index >= 15 is 0 Å². The van der Waals surface area contributed by atoms with Crippen LogP contribution >= 0.6 is 27.3 Å². The topological polar surface area (TPSA) is 53.1 Å². The molecule has 0 saturated heterocycles. The van der Waals surface area contributed by atoms with E-state index in [0.717, 1.165) is 13.0 Å². The number of thiophene rings is 1. The molecule has 2 heterocycles. The zero-order valence-electron chi connectivity index (χ0n) is 11.5. The van der Waals surface area contributed by atoms with Gasteiger partial charge in [0.1, 0.15) is 5.84 Å². The smallest absolute Gasteiger partial charge is 0.161 e. The second-order valence-corrected chi connectivity index (χ2v) is 6.89. The van der Waals surface area contributed by atoms with Crippen LogP contribution in [0.15, 0.2) is 28.1 Å². The molecule has 3 nitrogen and oxygen atoms in total. The Hall–Kier alpha value is -1.40. The van der Waals surface area contributed by atoms with Gasteiger partial charge in [0.2, 0.25) is 0 Å². The Morgan fingerprint density at radius 1 is 1.48 bits per heavy atom. The fraction of sp³-hybridized carbons (Fsp3) is 0.267. The van der Waals surface area contributed by atoms with Gasteiger partial charge in [0.15, 0.2) is 5.82 Å². The van der Waals surface area contributed by atoms with Crippen molar-refractivity contribution in [2.24, 2.45) is 5.73 Å². The van der Waals surface area contributed by atoms with Gasteiger partial charge < -0.3 is 10.6 Å². The van der Waals surface area contributed by atoms with Crippen LogP contribution in [0.4, 0.5) is 10.1 Å². The van der Waals surface area contributed by atoms with Crippen LogP contribution in [0, 0.1) is 11.2 Å². The first-order chi connectivity index (χ1) is 10.0. The van der Waals surface area contributed by atoms with Gasteiger partial charge in [-0.1, -0.05) is 0 Å². The Kier molecular flexibility index (Phi) is 3.75. The number of nitrogens with two attached hydrogens (primary N) is 1. The van der Waals surface area contributed by atoms with Crippen LogP contribution in [0.25, 0.3) is 0 Å². The maximum Gasteiger partial charge on any atom is 0.161 e. The molecule has 1 unspecified atom stereocenters. The molecule has 0 saturated carbocycles. The predicted octanol–water partition coefficient (Wildman–Crippen LogP) is 4.06. The number of halogens is 2. The van der Waals surface area contributed by atoms with E-state index in [1.54, 1.807) is 23.5 Å². The van der Waals surface area contributed by atoms with E-state index in [0.29, 0.717) is 11.3 Å². The van der Waals surface area contributed by atoms with E-state index in [1.165, 1.54) is 10.4 Å². The minimum absolute atomic E-state index is 0.140. The lowest BCUT2D eigenvalue weighted by Crippen LogP contribution is -2.34. The number of nitrogens with one attached hydrogen (secondary N) is 1. The molecule has 1 aliphatic rings. The third kappa shape index (κ3) is 2.36. The summed E-state index contributed by atoms with van der Waals surface area (Å²) in [7, 11) is 0. The van der Waals surface area contributed by atoms with Crippen molar-refractivity contribution < 1.29 is 4.39 Å². The van der Waals surface area contributed by atoms with Gasteiger partial charge in [0.25, 0.3) is 0 Å². The third-order valence-corrected chi connectivity index (χ3v) is 5.71. The minimum Gasteiger partial charge on any atom is -0.384 e. The fourth-order valence-electron chi connectivity index (χ4n) is 2.81. The lowest BCUT2D eigenvalue weighted by Gasteiger charge is -2.36. The summed E-state index contributed by atoms with van der Waals surface area (Å²) in [6.45, 7) is 2.88. The van der Waals surface area contributed by atoms with Crippen LogP contribution in [0.5, 0.6) is 0 Å². The molecule has 1 aliphatic heterocycles. The number of hydrogen-bond acceptors (Lipinski definition) is 3. The molecule has 0 fully saturated rings. The lowest BCUT2D eigenvalue weighted by molar-refractivity contribution is 0.578. The number of nitrogen functional groups attached to an aromatic ring is 1. The molecule has 3 N–H and O–H groups in total. The third-order valence-electron chi connectivity index (χ3n) is 3.94. The molecule has 21 heavy (non-hydrogen) atoms.